The van der Waals surface area contributed by atoms with Gasteiger partial charge in [-0.1, -0.05) is 12.1 Å². The fourth-order valence-electron chi connectivity index (χ4n) is 2.59. The molecule has 6 nitrogen and oxygen atoms in total. The molecule has 0 bridgehead atoms. The standard InChI is InChI=1S/C17H13F4N5O/c18-11-4-1-9(2-5-11)8-26-13-6-3-10(14(27)25-16(22)23)7-12(13)24-15(26)17(19,20)21/h1-7H,8H2,(H4,22,23,25,27). The van der Waals surface area contributed by atoms with E-state index in [1.807, 2.05) is 0 Å². The Morgan fingerprint density at radius 1 is 1.11 bits per heavy atom. The van der Waals surface area contributed by atoms with Crippen LogP contribution in [-0.2, 0) is 12.7 Å². The predicted octanol–water partition coefficient (Wildman–Crippen LogP) is 2.66. The first-order chi connectivity index (χ1) is 12.6. The predicted molar refractivity (Wildman–Crippen MR) is 90.4 cm³/mol. The van der Waals surface area contributed by atoms with E-state index in [1.54, 1.807) is 0 Å². The van der Waals surface area contributed by atoms with Crippen molar-refractivity contribution in [2.75, 3.05) is 0 Å². The summed E-state index contributed by atoms with van der Waals surface area (Å²) in [7, 11) is 0. The minimum atomic E-state index is -4.72. The molecule has 0 aliphatic carbocycles. The first kappa shape index (κ1) is 18.4. The summed E-state index contributed by atoms with van der Waals surface area (Å²) in [6.45, 7) is -0.174. The average molecular weight is 379 g/mol. The van der Waals surface area contributed by atoms with Crippen LogP contribution in [0.3, 0.4) is 0 Å². The van der Waals surface area contributed by atoms with Crippen molar-refractivity contribution in [3.8, 4) is 0 Å². The van der Waals surface area contributed by atoms with Crippen LogP contribution in [-0.4, -0.2) is 21.4 Å². The molecular formula is C17H13F4N5O. The van der Waals surface area contributed by atoms with Crippen LogP contribution in [0.2, 0.25) is 0 Å². The summed E-state index contributed by atoms with van der Waals surface area (Å²) in [5.41, 5.74) is 10.8. The van der Waals surface area contributed by atoms with Crippen molar-refractivity contribution in [2.45, 2.75) is 12.7 Å². The van der Waals surface area contributed by atoms with Gasteiger partial charge >= 0.3 is 6.18 Å². The number of hydrogen-bond donors (Lipinski definition) is 2. The molecular weight excluding hydrogens is 366 g/mol. The third-order valence-corrected chi connectivity index (χ3v) is 3.73. The van der Waals surface area contributed by atoms with Crippen molar-refractivity contribution in [1.29, 1.82) is 0 Å². The van der Waals surface area contributed by atoms with Gasteiger partial charge in [-0.3, -0.25) is 4.79 Å². The lowest BCUT2D eigenvalue weighted by molar-refractivity contribution is -0.146. The van der Waals surface area contributed by atoms with E-state index in [-0.39, 0.29) is 23.1 Å². The number of rotatable bonds is 3. The van der Waals surface area contributed by atoms with Gasteiger partial charge in [-0.15, -0.1) is 0 Å². The lowest BCUT2D eigenvalue weighted by Gasteiger charge is -2.11. The fourth-order valence-corrected chi connectivity index (χ4v) is 2.59. The van der Waals surface area contributed by atoms with E-state index in [0.717, 1.165) is 16.7 Å². The maximum atomic E-state index is 13.4. The highest BCUT2D eigenvalue weighted by atomic mass is 19.4. The van der Waals surface area contributed by atoms with E-state index >= 15 is 0 Å². The Hall–Kier alpha value is -3.43. The van der Waals surface area contributed by atoms with Crippen LogP contribution in [0.4, 0.5) is 17.6 Å². The number of aliphatic imine (C=N–C) groups is 1. The van der Waals surface area contributed by atoms with Crippen LogP contribution < -0.4 is 11.5 Å². The Morgan fingerprint density at radius 2 is 1.78 bits per heavy atom. The molecule has 1 heterocycles. The van der Waals surface area contributed by atoms with Crippen molar-refractivity contribution < 1.29 is 22.4 Å². The summed E-state index contributed by atoms with van der Waals surface area (Å²) in [4.78, 5) is 18.8. The largest absolute Gasteiger partial charge is 0.449 e. The minimum Gasteiger partial charge on any atom is -0.370 e. The van der Waals surface area contributed by atoms with Gasteiger partial charge < -0.3 is 16.0 Å². The van der Waals surface area contributed by atoms with Crippen molar-refractivity contribution in [3.05, 3.63) is 65.2 Å². The van der Waals surface area contributed by atoms with Crippen molar-refractivity contribution in [1.82, 2.24) is 9.55 Å². The summed E-state index contributed by atoms with van der Waals surface area (Å²) in [5, 5.41) is 0. The van der Waals surface area contributed by atoms with Crippen molar-refractivity contribution in [3.63, 3.8) is 0 Å². The second-order valence-corrected chi connectivity index (χ2v) is 5.69. The lowest BCUT2D eigenvalue weighted by atomic mass is 10.2. The number of nitrogens with two attached hydrogens (primary N) is 2. The zero-order chi connectivity index (χ0) is 19.8. The number of alkyl halides is 3. The number of fused-ring (bicyclic) bond motifs is 1. The van der Waals surface area contributed by atoms with Crippen LogP contribution in [0, 0.1) is 5.82 Å². The molecule has 1 amide bonds. The lowest BCUT2D eigenvalue weighted by Crippen LogP contribution is -2.24. The van der Waals surface area contributed by atoms with Crippen LogP contribution >= 0.6 is 0 Å². The van der Waals surface area contributed by atoms with Gasteiger partial charge in [0, 0.05) is 12.1 Å². The number of imidazole rings is 1. The first-order valence-corrected chi connectivity index (χ1v) is 7.61. The molecule has 140 valence electrons. The first-order valence-electron chi connectivity index (χ1n) is 7.61. The highest BCUT2D eigenvalue weighted by molar-refractivity contribution is 6.03. The zero-order valence-electron chi connectivity index (χ0n) is 13.7. The number of guanidine groups is 1. The molecule has 0 aliphatic heterocycles. The molecule has 3 rings (SSSR count). The van der Waals surface area contributed by atoms with Gasteiger partial charge in [-0.25, -0.2) is 9.37 Å². The SMILES string of the molecule is NC(N)=NC(=O)c1ccc2c(c1)nc(C(F)(F)F)n2Cc1ccc(F)cc1. The molecule has 0 radical (unpaired) electrons. The molecule has 0 spiro atoms. The smallest absolute Gasteiger partial charge is 0.370 e. The molecule has 0 atom stereocenters. The molecule has 1 aromatic heterocycles. The number of carbonyl (C=O) groups excluding carboxylic acids is 1. The molecule has 2 aromatic carbocycles. The number of aromatic nitrogens is 2. The highest BCUT2D eigenvalue weighted by Crippen LogP contribution is 2.32. The number of amides is 1. The Labute approximate surface area is 150 Å². The number of hydrogen-bond acceptors (Lipinski definition) is 2. The molecule has 27 heavy (non-hydrogen) atoms. The van der Waals surface area contributed by atoms with Gasteiger partial charge in [0.2, 0.25) is 5.82 Å². The second-order valence-electron chi connectivity index (χ2n) is 5.69. The van der Waals surface area contributed by atoms with Gasteiger partial charge in [0.15, 0.2) is 5.96 Å². The number of nitrogens with zero attached hydrogens (tertiary/aromatic N) is 3. The third kappa shape index (κ3) is 3.89. The van der Waals surface area contributed by atoms with Gasteiger partial charge in [0.25, 0.3) is 5.91 Å². The summed E-state index contributed by atoms with van der Waals surface area (Å²) < 4.78 is 54.3. The van der Waals surface area contributed by atoms with Gasteiger partial charge in [-0.2, -0.15) is 18.2 Å². The number of carbonyl (C=O) groups is 1. The quantitative estimate of drug-likeness (QED) is 0.415. The Bertz CT molecular complexity index is 1030. The Morgan fingerprint density at radius 3 is 2.37 bits per heavy atom. The highest BCUT2D eigenvalue weighted by Gasteiger charge is 2.37. The van der Waals surface area contributed by atoms with Crippen molar-refractivity contribution in [2.24, 2.45) is 16.5 Å². The van der Waals surface area contributed by atoms with Crippen molar-refractivity contribution >= 4 is 22.9 Å². The summed E-state index contributed by atoms with van der Waals surface area (Å²) in [5.74, 6) is -2.88. The van der Waals surface area contributed by atoms with E-state index in [1.165, 1.54) is 30.3 Å². The van der Waals surface area contributed by atoms with Crippen LogP contribution in [0.15, 0.2) is 47.5 Å². The van der Waals surface area contributed by atoms with Gasteiger partial charge in [-0.05, 0) is 35.9 Å². The molecule has 4 N–H and O–H groups in total. The maximum Gasteiger partial charge on any atom is 0.449 e. The Balaban J connectivity index is 2.11. The van der Waals surface area contributed by atoms with E-state index < -0.39 is 29.7 Å². The molecule has 0 saturated heterocycles. The second kappa shape index (κ2) is 6.71. The van der Waals surface area contributed by atoms with Crippen LogP contribution in [0.25, 0.3) is 11.0 Å². The van der Waals surface area contributed by atoms with E-state index in [2.05, 4.69) is 9.98 Å². The Kier molecular flexibility index (Phi) is 4.56. The van der Waals surface area contributed by atoms with E-state index in [9.17, 15) is 22.4 Å². The summed E-state index contributed by atoms with van der Waals surface area (Å²) in [6, 6.07) is 8.91. The molecule has 0 unspecified atom stereocenters. The topological polar surface area (TPSA) is 99.3 Å². The molecule has 3 aromatic rings. The van der Waals surface area contributed by atoms with Gasteiger partial charge in [0.05, 0.1) is 11.0 Å². The summed E-state index contributed by atoms with van der Waals surface area (Å²) in [6.07, 6.45) is -4.72. The molecule has 0 fully saturated rings. The maximum absolute atomic E-state index is 13.4. The minimum absolute atomic E-state index is 0.00365. The van der Waals surface area contributed by atoms with Crippen LogP contribution in [0.5, 0.6) is 0 Å². The number of benzene rings is 2. The molecule has 10 heteroatoms. The average Bonchev–Trinajstić information content (AvgIpc) is 2.94. The van der Waals surface area contributed by atoms with E-state index in [0.29, 0.717) is 5.56 Å². The van der Waals surface area contributed by atoms with E-state index in [4.69, 9.17) is 11.5 Å². The molecule has 0 saturated carbocycles. The molecule has 0 aliphatic rings. The van der Waals surface area contributed by atoms with Crippen LogP contribution in [0.1, 0.15) is 21.7 Å². The number of halogens is 4. The summed E-state index contributed by atoms with van der Waals surface area (Å²) >= 11 is 0. The fraction of sp³-hybridized carbons (Fsp3) is 0.118. The normalized spacial score (nSPS) is 11.6. The monoisotopic (exact) mass is 379 g/mol. The third-order valence-electron chi connectivity index (χ3n) is 3.73. The van der Waals surface area contributed by atoms with Gasteiger partial charge in [0.1, 0.15) is 5.82 Å². The zero-order valence-corrected chi connectivity index (χ0v) is 13.7.